The molecule has 0 saturated carbocycles. The number of alkyl halides is 1. The minimum absolute atomic E-state index is 0.271. The van der Waals surface area contributed by atoms with E-state index in [2.05, 4.69) is 0 Å². The molecule has 72 valence electrons. The Balaban J connectivity index is 0.000000310. The van der Waals surface area contributed by atoms with Crippen molar-refractivity contribution in [1.82, 2.24) is 0 Å². The van der Waals surface area contributed by atoms with Crippen LogP contribution in [0.2, 0.25) is 0 Å². The van der Waals surface area contributed by atoms with Gasteiger partial charge in [0, 0.05) is 12.5 Å². The topological polar surface area (TPSA) is 57.5 Å². The van der Waals surface area contributed by atoms with Gasteiger partial charge in [0.2, 0.25) is 0 Å². The van der Waals surface area contributed by atoms with E-state index in [1.54, 1.807) is 18.2 Å². The van der Waals surface area contributed by atoms with Crippen LogP contribution in [0, 0.1) is 0 Å². The van der Waals surface area contributed by atoms with Crippen molar-refractivity contribution < 1.29 is 15.0 Å². The number of halogens is 1. The molecular weight excluding hydrogens is 192 g/mol. The van der Waals surface area contributed by atoms with Crippen LogP contribution in [0.15, 0.2) is 24.3 Å². The molecule has 0 amide bonds. The minimum atomic E-state index is -0.833. The van der Waals surface area contributed by atoms with Gasteiger partial charge in [-0.05, 0) is 6.07 Å². The van der Waals surface area contributed by atoms with Gasteiger partial charge in [0.15, 0.2) is 0 Å². The molecule has 4 heteroatoms. The van der Waals surface area contributed by atoms with Crippen LogP contribution < -0.4 is 0 Å². The zero-order valence-electron chi connectivity index (χ0n) is 7.20. The van der Waals surface area contributed by atoms with Crippen LogP contribution in [0.5, 0.6) is 5.75 Å². The largest absolute Gasteiger partial charge is 0.508 e. The number of benzene rings is 1. The van der Waals surface area contributed by atoms with Gasteiger partial charge in [-0.25, -0.2) is 0 Å². The van der Waals surface area contributed by atoms with E-state index in [4.69, 9.17) is 26.6 Å². The number of carboxylic acids is 1. The summed E-state index contributed by atoms with van der Waals surface area (Å²) < 4.78 is 0. The first kappa shape index (κ1) is 11.8. The highest BCUT2D eigenvalue weighted by Gasteiger charge is 1.93. The van der Waals surface area contributed by atoms with Crippen molar-refractivity contribution in [3.63, 3.8) is 0 Å². The van der Waals surface area contributed by atoms with E-state index in [0.29, 0.717) is 5.88 Å². The molecule has 0 aliphatic carbocycles. The Morgan fingerprint density at radius 2 is 1.92 bits per heavy atom. The Morgan fingerprint density at radius 1 is 1.46 bits per heavy atom. The molecule has 0 aromatic heterocycles. The number of carbonyl (C=O) groups is 1. The van der Waals surface area contributed by atoms with Crippen molar-refractivity contribution in [1.29, 1.82) is 0 Å². The van der Waals surface area contributed by atoms with Crippen LogP contribution in [0.1, 0.15) is 12.5 Å². The number of rotatable bonds is 1. The number of aliphatic carboxylic acids is 1. The lowest BCUT2D eigenvalue weighted by Gasteiger charge is -1.95. The SMILES string of the molecule is CC(=O)O.Oc1ccccc1CCl. The first-order chi connectivity index (χ1) is 6.07. The Bertz CT molecular complexity index is 269. The average molecular weight is 203 g/mol. The standard InChI is InChI=1S/C7H7ClO.C2H4O2/c8-5-6-3-1-2-4-7(6)9;1-2(3)4/h1-4,9H,5H2;1H3,(H,3,4). The molecule has 0 unspecified atom stereocenters. The molecule has 1 rings (SSSR count). The second kappa shape index (κ2) is 6.31. The molecule has 0 saturated heterocycles. The predicted octanol–water partition coefficient (Wildman–Crippen LogP) is 2.22. The fraction of sp³-hybridized carbons (Fsp3) is 0.222. The van der Waals surface area contributed by atoms with E-state index in [1.165, 1.54) is 0 Å². The van der Waals surface area contributed by atoms with Crippen molar-refractivity contribution in [2.75, 3.05) is 0 Å². The molecule has 13 heavy (non-hydrogen) atoms. The molecule has 0 aliphatic heterocycles. The Labute approximate surface area is 81.6 Å². The molecule has 0 heterocycles. The number of carboxylic acid groups (broad SMARTS) is 1. The van der Waals surface area contributed by atoms with Gasteiger partial charge in [-0.2, -0.15) is 0 Å². The van der Waals surface area contributed by atoms with Crippen molar-refractivity contribution >= 4 is 17.6 Å². The molecule has 0 bridgehead atoms. The van der Waals surface area contributed by atoms with Crippen molar-refractivity contribution in [2.45, 2.75) is 12.8 Å². The van der Waals surface area contributed by atoms with E-state index in [9.17, 15) is 0 Å². The molecule has 0 spiro atoms. The molecule has 1 aromatic carbocycles. The maximum Gasteiger partial charge on any atom is 0.300 e. The zero-order chi connectivity index (χ0) is 10.3. The molecule has 0 fully saturated rings. The Morgan fingerprint density at radius 3 is 2.23 bits per heavy atom. The fourth-order valence-electron chi connectivity index (χ4n) is 0.624. The summed E-state index contributed by atoms with van der Waals surface area (Å²) in [5.41, 5.74) is 0.777. The first-order valence-electron chi connectivity index (χ1n) is 3.60. The van der Waals surface area contributed by atoms with E-state index in [-0.39, 0.29) is 5.75 Å². The smallest absolute Gasteiger partial charge is 0.300 e. The highest BCUT2D eigenvalue weighted by molar-refractivity contribution is 6.17. The monoisotopic (exact) mass is 202 g/mol. The Hall–Kier alpha value is -1.22. The molecular formula is C9H11ClO3. The van der Waals surface area contributed by atoms with Gasteiger partial charge >= 0.3 is 0 Å². The lowest BCUT2D eigenvalue weighted by atomic mass is 10.2. The number of hydrogen-bond acceptors (Lipinski definition) is 2. The summed E-state index contributed by atoms with van der Waals surface area (Å²) in [6.07, 6.45) is 0. The fourth-order valence-corrected chi connectivity index (χ4v) is 0.850. The molecule has 2 N–H and O–H groups in total. The van der Waals surface area contributed by atoms with Gasteiger partial charge in [0.05, 0.1) is 5.88 Å². The maximum absolute atomic E-state index is 9.03. The van der Waals surface area contributed by atoms with Gasteiger partial charge in [0.1, 0.15) is 5.75 Å². The minimum Gasteiger partial charge on any atom is -0.508 e. The van der Waals surface area contributed by atoms with Crippen molar-refractivity contribution in [3.8, 4) is 5.75 Å². The second-order valence-corrected chi connectivity index (χ2v) is 2.55. The number of hydrogen-bond donors (Lipinski definition) is 2. The number of phenolic OH excluding ortho intramolecular Hbond substituents is 1. The van der Waals surface area contributed by atoms with Crippen molar-refractivity contribution in [2.24, 2.45) is 0 Å². The number of phenols is 1. The van der Waals surface area contributed by atoms with Crippen LogP contribution in [0.4, 0.5) is 0 Å². The van der Waals surface area contributed by atoms with Crippen LogP contribution >= 0.6 is 11.6 Å². The summed E-state index contributed by atoms with van der Waals surface area (Å²) in [7, 11) is 0. The number of para-hydroxylation sites is 1. The Kier molecular flexibility index (Phi) is 5.72. The van der Waals surface area contributed by atoms with Gasteiger partial charge in [-0.15, -0.1) is 11.6 Å². The maximum atomic E-state index is 9.03. The molecule has 3 nitrogen and oxygen atoms in total. The summed E-state index contributed by atoms with van der Waals surface area (Å²) >= 11 is 5.47. The summed E-state index contributed by atoms with van der Waals surface area (Å²) in [5, 5.41) is 16.4. The third-order valence-electron chi connectivity index (χ3n) is 1.14. The van der Waals surface area contributed by atoms with E-state index >= 15 is 0 Å². The van der Waals surface area contributed by atoms with Gasteiger partial charge in [-0.3, -0.25) is 4.79 Å². The zero-order valence-corrected chi connectivity index (χ0v) is 7.95. The second-order valence-electron chi connectivity index (χ2n) is 2.28. The third-order valence-corrected chi connectivity index (χ3v) is 1.42. The third kappa shape index (κ3) is 5.99. The summed E-state index contributed by atoms with van der Waals surface area (Å²) in [4.78, 5) is 9.00. The lowest BCUT2D eigenvalue weighted by molar-refractivity contribution is -0.134. The van der Waals surface area contributed by atoms with Gasteiger partial charge in [-0.1, -0.05) is 18.2 Å². The summed E-state index contributed by atoms with van der Waals surface area (Å²) in [6, 6.07) is 7.03. The number of aromatic hydroxyl groups is 1. The summed E-state index contributed by atoms with van der Waals surface area (Å²) in [5.74, 6) is -0.195. The highest BCUT2D eigenvalue weighted by Crippen LogP contribution is 2.16. The molecule has 1 aromatic rings. The summed E-state index contributed by atoms with van der Waals surface area (Å²) in [6.45, 7) is 1.08. The quantitative estimate of drug-likeness (QED) is 0.687. The predicted molar refractivity (Wildman–Crippen MR) is 51.0 cm³/mol. The van der Waals surface area contributed by atoms with Gasteiger partial charge in [0.25, 0.3) is 5.97 Å². The van der Waals surface area contributed by atoms with E-state index in [0.717, 1.165) is 12.5 Å². The van der Waals surface area contributed by atoms with E-state index in [1.807, 2.05) is 6.07 Å². The van der Waals surface area contributed by atoms with Crippen LogP contribution in [0.25, 0.3) is 0 Å². The lowest BCUT2D eigenvalue weighted by Crippen LogP contribution is -1.78. The molecule has 0 atom stereocenters. The van der Waals surface area contributed by atoms with Crippen LogP contribution in [0.3, 0.4) is 0 Å². The highest BCUT2D eigenvalue weighted by atomic mass is 35.5. The normalized spacial score (nSPS) is 8.46. The van der Waals surface area contributed by atoms with Gasteiger partial charge < -0.3 is 10.2 Å². The first-order valence-corrected chi connectivity index (χ1v) is 4.13. The molecule has 0 radical (unpaired) electrons. The van der Waals surface area contributed by atoms with Crippen molar-refractivity contribution in [3.05, 3.63) is 29.8 Å². The van der Waals surface area contributed by atoms with Crippen LogP contribution in [-0.2, 0) is 10.7 Å². The average Bonchev–Trinajstić information content (AvgIpc) is 2.04. The van der Waals surface area contributed by atoms with Crippen LogP contribution in [-0.4, -0.2) is 16.2 Å². The molecule has 0 aliphatic rings. The van der Waals surface area contributed by atoms with E-state index < -0.39 is 5.97 Å².